The van der Waals surface area contributed by atoms with Crippen LogP contribution in [0.3, 0.4) is 0 Å². The molecule has 0 atom stereocenters. The molecular weight excluding hydrogens is 307 g/mol. The number of allylic oxidation sites excluding steroid dienone is 4. The van der Waals surface area contributed by atoms with Crippen molar-refractivity contribution in [2.24, 2.45) is 0 Å². The van der Waals surface area contributed by atoms with Crippen molar-refractivity contribution in [2.45, 2.75) is 27.7 Å². The standard InChI is InChI=1S/C18H17BO2.2C2H6/c1-3-8-14(4-2)16-11-17(13-18(12-16)19(20)21)15-9-6-5-7-10-15;2*1-2/h3-13,20-21H,1-2H2;2*1-2H3/b14-8+;;. The molecule has 0 spiro atoms. The van der Waals surface area contributed by atoms with Crippen LogP contribution < -0.4 is 5.46 Å². The molecule has 132 valence electrons. The lowest BCUT2D eigenvalue weighted by Gasteiger charge is -2.10. The van der Waals surface area contributed by atoms with E-state index < -0.39 is 7.12 Å². The zero-order chi connectivity index (χ0) is 19.2. The summed E-state index contributed by atoms with van der Waals surface area (Å²) in [5.74, 6) is 0. The van der Waals surface area contributed by atoms with E-state index in [0.717, 1.165) is 22.3 Å². The van der Waals surface area contributed by atoms with Gasteiger partial charge in [0.2, 0.25) is 0 Å². The second kappa shape index (κ2) is 13.0. The van der Waals surface area contributed by atoms with Gasteiger partial charge in [0.05, 0.1) is 0 Å². The van der Waals surface area contributed by atoms with Crippen molar-refractivity contribution in [2.75, 3.05) is 0 Å². The van der Waals surface area contributed by atoms with Crippen molar-refractivity contribution >= 4 is 18.2 Å². The molecule has 0 amide bonds. The molecule has 2 nitrogen and oxygen atoms in total. The summed E-state index contributed by atoms with van der Waals surface area (Å²) in [4.78, 5) is 0. The van der Waals surface area contributed by atoms with Gasteiger partial charge in [-0.05, 0) is 33.8 Å². The molecule has 0 heterocycles. The molecule has 2 rings (SSSR count). The van der Waals surface area contributed by atoms with Crippen LogP contribution in [0, 0.1) is 0 Å². The first-order valence-corrected chi connectivity index (χ1v) is 8.67. The fourth-order valence-electron chi connectivity index (χ4n) is 2.17. The van der Waals surface area contributed by atoms with Crippen LogP contribution in [0.25, 0.3) is 16.7 Å². The molecule has 25 heavy (non-hydrogen) atoms. The number of rotatable bonds is 5. The molecule has 3 heteroatoms. The van der Waals surface area contributed by atoms with Crippen LogP contribution >= 0.6 is 0 Å². The molecule has 2 aromatic carbocycles. The minimum Gasteiger partial charge on any atom is -0.423 e. The summed E-state index contributed by atoms with van der Waals surface area (Å²) < 4.78 is 0. The van der Waals surface area contributed by atoms with E-state index in [1.54, 1.807) is 24.3 Å². The maximum absolute atomic E-state index is 9.49. The molecule has 0 aliphatic heterocycles. The molecule has 0 bridgehead atoms. The SMILES string of the molecule is C=C/C=C(\C=C)c1cc(B(O)O)cc(-c2ccccc2)c1.CC.CC. The van der Waals surface area contributed by atoms with E-state index in [9.17, 15) is 10.0 Å². The van der Waals surface area contributed by atoms with Crippen LogP contribution in [-0.4, -0.2) is 17.2 Å². The van der Waals surface area contributed by atoms with Gasteiger partial charge < -0.3 is 10.0 Å². The van der Waals surface area contributed by atoms with Crippen molar-refractivity contribution in [3.8, 4) is 11.1 Å². The quantitative estimate of drug-likeness (QED) is 0.606. The zero-order valence-corrected chi connectivity index (χ0v) is 15.7. The predicted molar refractivity (Wildman–Crippen MR) is 113 cm³/mol. The summed E-state index contributed by atoms with van der Waals surface area (Å²) in [6.45, 7) is 15.5. The summed E-state index contributed by atoms with van der Waals surface area (Å²) in [5, 5.41) is 19.0. The van der Waals surface area contributed by atoms with Crippen LogP contribution in [0.5, 0.6) is 0 Å². The molecule has 0 saturated heterocycles. The molecule has 0 aromatic heterocycles. The van der Waals surface area contributed by atoms with Crippen LogP contribution in [0.1, 0.15) is 33.3 Å². The maximum Gasteiger partial charge on any atom is 0.488 e. The highest BCUT2D eigenvalue weighted by Crippen LogP contribution is 2.23. The van der Waals surface area contributed by atoms with E-state index in [0.29, 0.717) is 5.46 Å². The average molecular weight is 336 g/mol. The molecule has 0 aliphatic carbocycles. The fraction of sp³-hybridized carbons (Fsp3) is 0.182. The minimum absolute atomic E-state index is 0.447. The Morgan fingerprint density at radius 3 is 1.96 bits per heavy atom. The van der Waals surface area contributed by atoms with Crippen LogP contribution in [0.15, 0.2) is 79.9 Å². The maximum atomic E-state index is 9.49. The van der Waals surface area contributed by atoms with E-state index >= 15 is 0 Å². The molecule has 0 fully saturated rings. The largest absolute Gasteiger partial charge is 0.488 e. The van der Waals surface area contributed by atoms with Crippen molar-refractivity contribution in [3.05, 3.63) is 85.5 Å². The lowest BCUT2D eigenvalue weighted by atomic mass is 9.77. The molecular formula is C22H29BO2. The summed E-state index contributed by atoms with van der Waals surface area (Å²) in [7, 11) is -1.51. The summed E-state index contributed by atoms with van der Waals surface area (Å²) >= 11 is 0. The Hall–Kier alpha value is -2.36. The topological polar surface area (TPSA) is 40.5 Å². The third-order valence-electron chi connectivity index (χ3n) is 3.21. The Kier molecular flexibility index (Phi) is 11.8. The Labute approximate surface area is 153 Å². The Morgan fingerprint density at radius 1 is 0.880 bits per heavy atom. The first-order valence-electron chi connectivity index (χ1n) is 8.67. The predicted octanol–water partition coefficient (Wildman–Crippen LogP) is 4.84. The van der Waals surface area contributed by atoms with Gasteiger partial charge in [-0.15, -0.1) is 0 Å². The van der Waals surface area contributed by atoms with Crippen molar-refractivity contribution in [3.63, 3.8) is 0 Å². The average Bonchev–Trinajstić information content (AvgIpc) is 2.69. The van der Waals surface area contributed by atoms with E-state index in [1.807, 2.05) is 70.2 Å². The van der Waals surface area contributed by atoms with E-state index in [2.05, 4.69) is 13.2 Å². The van der Waals surface area contributed by atoms with E-state index in [-0.39, 0.29) is 0 Å². The van der Waals surface area contributed by atoms with Gasteiger partial charge in [0.15, 0.2) is 0 Å². The van der Waals surface area contributed by atoms with Crippen molar-refractivity contribution in [1.29, 1.82) is 0 Å². The van der Waals surface area contributed by atoms with Crippen molar-refractivity contribution in [1.82, 2.24) is 0 Å². The Balaban J connectivity index is 0.00000134. The first kappa shape index (κ1) is 22.6. The van der Waals surface area contributed by atoms with E-state index in [1.165, 1.54) is 0 Å². The number of hydrogen-bond donors (Lipinski definition) is 2. The monoisotopic (exact) mass is 336 g/mol. The third-order valence-corrected chi connectivity index (χ3v) is 3.21. The molecule has 2 N–H and O–H groups in total. The normalized spacial score (nSPS) is 9.76. The molecule has 0 aliphatic rings. The van der Waals surface area contributed by atoms with Crippen molar-refractivity contribution < 1.29 is 10.0 Å². The fourth-order valence-corrected chi connectivity index (χ4v) is 2.17. The summed E-state index contributed by atoms with van der Waals surface area (Å²) in [6.07, 6.45) is 5.24. The van der Waals surface area contributed by atoms with Gasteiger partial charge in [-0.2, -0.15) is 0 Å². The number of hydrogen-bond acceptors (Lipinski definition) is 2. The second-order valence-corrected chi connectivity index (χ2v) is 4.65. The minimum atomic E-state index is -1.51. The van der Waals surface area contributed by atoms with Gasteiger partial charge in [-0.25, -0.2) is 0 Å². The summed E-state index contributed by atoms with van der Waals surface area (Å²) in [5.41, 5.74) is 4.14. The van der Waals surface area contributed by atoms with Crippen LogP contribution in [0.2, 0.25) is 0 Å². The molecule has 0 radical (unpaired) electrons. The van der Waals surface area contributed by atoms with E-state index in [4.69, 9.17) is 0 Å². The second-order valence-electron chi connectivity index (χ2n) is 4.65. The third kappa shape index (κ3) is 6.96. The first-order chi connectivity index (χ1) is 12.2. The molecule has 0 saturated carbocycles. The lowest BCUT2D eigenvalue weighted by Crippen LogP contribution is -2.30. The van der Waals surface area contributed by atoms with Crippen LogP contribution in [0.4, 0.5) is 0 Å². The molecule has 2 aromatic rings. The zero-order valence-electron chi connectivity index (χ0n) is 15.7. The van der Waals surface area contributed by atoms with Gasteiger partial charge in [0.25, 0.3) is 0 Å². The van der Waals surface area contributed by atoms with Gasteiger partial charge in [0.1, 0.15) is 0 Å². The Morgan fingerprint density at radius 2 is 1.48 bits per heavy atom. The Bertz CT molecular complexity index is 674. The smallest absolute Gasteiger partial charge is 0.423 e. The highest BCUT2D eigenvalue weighted by Gasteiger charge is 2.14. The van der Waals surface area contributed by atoms with Gasteiger partial charge in [-0.3, -0.25) is 0 Å². The van der Waals surface area contributed by atoms with Gasteiger partial charge in [-0.1, -0.05) is 102 Å². The summed E-state index contributed by atoms with van der Waals surface area (Å²) in [6, 6.07) is 15.3. The number of benzene rings is 2. The molecule has 0 unspecified atom stereocenters. The highest BCUT2D eigenvalue weighted by molar-refractivity contribution is 6.58. The van der Waals surface area contributed by atoms with Gasteiger partial charge >= 0.3 is 7.12 Å². The van der Waals surface area contributed by atoms with Gasteiger partial charge in [0, 0.05) is 0 Å². The lowest BCUT2D eigenvalue weighted by molar-refractivity contribution is 0.426. The van der Waals surface area contributed by atoms with Crippen LogP contribution in [-0.2, 0) is 0 Å². The highest BCUT2D eigenvalue weighted by atomic mass is 16.4.